The van der Waals surface area contributed by atoms with Crippen molar-refractivity contribution in [1.82, 2.24) is 9.66 Å². The molecule has 0 radical (unpaired) electrons. The summed E-state index contributed by atoms with van der Waals surface area (Å²) in [5.74, 6) is -1.15. The van der Waals surface area contributed by atoms with Gasteiger partial charge in [-0.25, -0.2) is 9.78 Å². The molecule has 0 aliphatic rings. The SMILES string of the molecule is CCOc1cc(C=Nn2c(-c3cccc(C(F)(F)F)c3)nc3ccccc3c2=O)cc(Cl)c1OCC(=O)O. The van der Waals surface area contributed by atoms with Crippen molar-refractivity contribution in [1.29, 1.82) is 0 Å². The van der Waals surface area contributed by atoms with Gasteiger partial charge in [-0.2, -0.15) is 22.9 Å². The minimum atomic E-state index is -4.60. The quantitative estimate of drug-likeness (QED) is 0.294. The number of carbonyl (C=O) groups is 1. The van der Waals surface area contributed by atoms with Crippen LogP contribution in [0.1, 0.15) is 18.1 Å². The summed E-state index contributed by atoms with van der Waals surface area (Å²) in [5, 5.41) is 13.4. The van der Waals surface area contributed by atoms with E-state index in [4.69, 9.17) is 26.2 Å². The van der Waals surface area contributed by atoms with Crippen LogP contribution in [0, 0.1) is 0 Å². The van der Waals surface area contributed by atoms with Crippen molar-refractivity contribution in [3.63, 3.8) is 0 Å². The Balaban J connectivity index is 1.85. The highest BCUT2D eigenvalue weighted by molar-refractivity contribution is 6.32. The van der Waals surface area contributed by atoms with Crippen molar-refractivity contribution in [3.8, 4) is 22.9 Å². The number of aliphatic carboxylic acids is 1. The number of alkyl halides is 3. The molecular formula is C26H19ClF3N3O5. The molecule has 1 aromatic heterocycles. The van der Waals surface area contributed by atoms with E-state index < -0.39 is 29.9 Å². The zero-order chi connectivity index (χ0) is 27.4. The molecule has 0 amide bonds. The minimum absolute atomic E-state index is 0.0160. The Morgan fingerprint density at radius 2 is 1.89 bits per heavy atom. The number of hydrogen-bond acceptors (Lipinski definition) is 6. The van der Waals surface area contributed by atoms with Gasteiger partial charge in [0.15, 0.2) is 23.9 Å². The molecule has 0 saturated carbocycles. The van der Waals surface area contributed by atoms with Gasteiger partial charge in [0.25, 0.3) is 5.56 Å². The van der Waals surface area contributed by atoms with Gasteiger partial charge in [-0.05, 0) is 48.9 Å². The van der Waals surface area contributed by atoms with E-state index in [9.17, 15) is 22.8 Å². The Morgan fingerprint density at radius 3 is 2.61 bits per heavy atom. The van der Waals surface area contributed by atoms with Crippen LogP contribution in [0.2, 0.25) is 5.02 Å². The minimum Gasteiger partial charge on any atom is -0.490 e. The number of nitrogens with zero attached hydrogens (tertiary/aromatic N) is 3. The molecule has 0 saturated heterocycles. The Morgan fingerprint density at radius 1 is 1.13 bits per heavy atom. The lowest BCUT2D eigenvalue weighted by atomic mass is 10.1. The van der Waals surface area contributed by atoms with Crippen molar-refractivity contribution < 1.29 is 32.5 Å². The maximum absolute atomic E-state index is 13.4. The Labute approximate surface area is 218 Å². The summed E-state index contributed by atoms with van der Waals surface area (Å²) in [7, 11) is 0. The van der Waals surface area contributed by atoms with E-state index in [2.05, 4.69) is 10.1 Å². The molecule has 0 aliphatic carbocycles. The van der Waals surface area contributed by atoms with Gasteiger partial charge in [0, 0.05) is 5.56 Å². The molecule has 4 aromatic rings. The van der Waals surface area contributed by atoms with E-state index in [0.29, 0.717) is 5.56 Å². The predicted octanol–water partition coefficient (Wildman–Crippen LogP) is 5.48. The molecule has 0 atom stereocenters. The van der Waals surface area contributed by atoms with Crippen molar-refractivity contribution in [3.05, 3.63) is 87.2 Å². The summed E-state index contributed by atoms with van der Waals surface area (Å²) in [6.45, 7) is 1.27. The number of ether oxygens (including phenoxy) is 2. The number of para-hydroxylation sites is 1. The van der Waals surface area contributed by atoms with Gasteiger partial charge in [-0.15, -0.1) is 0 Å². The lowest BCUT2D eigenvalue weighted by molar-refractivity contribution is -0.139. The van der Waals surface area contributed by atoms with Crippen molar-refractivity contribution >= 4 is 34.7 Å². The van der Waals surface area contributed by atoms with Crippen LogP contribution in [0.5, 0.6) is 11.5 Å². The average Bonchev–Trinajstić information content (AvgIpc) is 2.87. The standard InChI is InChI=1S/C26H19ClF3N3O5/c1-2-37-21-11-15(10-19(27)23(21)38-14-22(34)35)13-31-33-24(16-6-5-7-17(12-16)26(28,29)30)32-20-9-4-3-8-18(20)25(33)36/h3-13H,2,14H2,1H3,(H,34,35). The first-order valence-corrected chi connectivity index (χ1v) is 11.5. The predicted molar refractivity (Wildman–Crippen MR) is 135 cm³/mol. The first-order valence-electron chi connectivity index (χ1n) is 11.1. The highest BCUT2D eigenvalue weighted by Gasteiger charge is 2.31. The Hall–Kier alpha value is -4.38. The van der Waals surface area contributed by atoms with Crippen LogP contribution in [0.3, 0.4) is 0 Å². The fraction of sp³-hybridized carbons (Fsp3) is 0.154. The second-order valence-corrected chi connectivity index (χ2v) is 8.25. The fourth-order valence-electron chi connectivity index (χ4n) is 3.58. The van der Waals surface area contributed by atoms with Gasteiger partial charge >= 0.3 is 12.1 Å². The number of fused-ring (bicyclic) bond motifs is 1. The summed E-state index contributed by atoms with van der Waals surface area (Å²) >= 11 is 6.29. The summed E-state index contributed by atoms with van der Waals surface area (Å²) in [4.78, 5) is 28.6. The summed E-state index contributed by atoms with van der Waals surface area (Å²) in [6.07, 6.45) is -3.34. The van der Waals surface area contributed by atoms with Gasteiger partial charge in [0.05, 0.1) is 34.3 Å². The first kappa shape index (κ1) is 26.7. The molecule has 0 spiro atoms. The topological polar surface area (TPSA) is 103 Å². The zero-order valence-corrected chi connectivity index (χ0v) is 20.5. The Bertz CT molecular complexity index is 1600. The van der Waals surface area contributed by atoms with Crippen molar-refractivity contribution in [2.45, 2.75) is 13.1 Å². The number of carboxylic acids is 1. The van der Waals surface area contributed by atoms with Crippen LogP contribution in [0.4, 0.5) is 13.2 Å². The van der Waals surface area contributed by atoms with E-state index in [1.54, 1.807) is 25.1 Å². The molecule has 0 unspecified atom stereocenters. The van der Waals surface area contributed by atoms with Gasteiger partial charge < -0.3 is 14.6 Å². The monoisotopic (exact) mass is 545 g/mol. The molecular weight excluding hydrogens is 527 g/mol. The average molecular weight is 546 g/mol. The van der Waals surface area contributed by atoms with E-state index in [0.717, 1.165) is 16.8 Å². The van der Waals surface area contributed by atoms with Crippen molar-refractivity contribution in [2.75, 3.05) is 13.2 Å². The number of rotatable bonds is 8. The van der Waals surface area contributed by atoms with Gasteiger partial charge in [-0.1, -0.05) is 35.9 Å². The second-order valence-electron chi connectivity index (χ2n) is 7.84. The fourth-order valence-corrected chi connectivity index (χ4v) is 3.85. The molecule has 0 fully saturated rings. The largest absolute Gasteiger partial charge is 0.490 e. The number of benzene rings is 3. The lowest BCUT2D eigenvalue weighted by Gasteiger charge is -2.14. The van der Waals surface area contributed by atoms with Crippen LogP contribution in [-0.2, 0) is 11.0 Å². The molecule has 0 bridgehead atoms. The highest BCUT2D eigenvalue weighted by Crippen LogP contribution is 2.36. The summed E-state index contributed by atoms with van der Waals surface area (Å²) < 4.78 is 51.7. The number of hydrogen-bond donors (Lipinski definition) is 1. The molecule has 38 heavy (non-hydrogen) atoms. The third kappa shape index (κ3) is 5.78. The van der Waals surface area contributed by atoms with Crippen LogP contribution in [0.25, 0.3) is 22.3 Å². The number of halogens is 4. The van der Waals surface area contributed by atoms with E-state index >= 15 is 0 Å². The molecule has 4 rings (SSSR count). The molecule has 12 heteroatoms. The van der Waals surface area contributed by atoms with Crippen LogP contribution in [0.15, 0.2) is 70.6 Å². The summed E-state index contributed by atoms with van der Waals surface area (Å²) in [6, 6.07) is 13.7. The molecule has 1 N–H and O–H groups in total. The molecule has 8 nitrogen and oxygen atoms in total. The number of carboxylic acid groups (broad SMARTS) is 1. The van der Waals surface area contributed by atoms with Crippen LogP contribution < -0.4 is 15.0 Å². The highest BCUT2D eigenvalue weighted by atomic mass is 35.5. The van der Waals surface area contributed by atoms with Crippen LogP contribution >= 0.6 is 11.6 Å². The summed E-state index contributed by atoms with van der Waals surface area (Å²) in [5.41, 5.74) is -0.839. The second kappa shape index (κ2) is 10.9. The van der Waals surface area contributed by atoms with Crippen LogP contribution in [-0.4, -0.2) is 40.2 Å². The molecule has 1 heterocycles. The van der Waals surface area contributed by atoms with E-state index in [1.807, 2.05) is 0 Å². The molecule has 3 aromatic carbocycles. The third-order valence-corrected chi connectivity index (χ3v) is 5.48. The zero-order valence-electron chi connectivity index (χ0n) is 19.7. The smallest absolute Gasteiger partial charge is 0.416 e. The molecule has 196 valence electrons. The Kier molecular flexibility index (Phi) is 7.67. The maximum Gasteiger partial charge on any atom is 0.416 e. The van der Waals surface area contributed by atoms with Crippen molar-refractivity contribution in [2.24, 2.45) is 5.10 Å². The third-order valence-electron chi connectivity index (χ3n) is 5.20. The van der Waals surface area contributed by atoms with E-state index in [1.165, 1.54) is 36.5 Å². The molecule has 0 aliphatic heterocycles. The maximum atomic E-state index is 13.4. The first-order chi connectivity index (χ1) is 18.1. The van der Waals surface area contributed by atoms with E-state index in [-0.39, 0.29) is 45.4 Å². The number of aromatic nitrogens is 2. The normalized spacial score (nSPS) is 11.7. The van der Waals surface area contributed by atoms with Gasteiger partial charge in [-0.3, -0.25) is 4.79 Å². The van der Waals surface area contributed by atoms with Gasteiger partial charge in [0.2, 0.25) is 0 Å². The lowest BCUT2D eigenvalue weighted by Crippen LogP contribution is -2.20. The van der Waals surface area contributed by atoms with Gasteiger partial charge in [0.1, 0.15) is 0 Å².